The van der Waals surface area contributed by atoms with E-state index in [4.69, 9.17) is 19.0 Å². The number of phenolic OH excluding ortho intramolecular Hbond substituents is 1. The highest BCUT2D eigenvalue weighted by molar-refractivity contribution is 5.86. The van der Waals surface area contributed by atoms with Crippen LogP contribution in [0.2, 0.25) is 0 Å². The van der Waals surface area contributed by atoms with Crippen LogP contribution < -0.4 is 10.2 Å². The minimum atomic E-state index is -1.87. The molecule has 0 unspecified atom stereocenters. The number of fused-ring (bicyclic) bond motifs is 1. The summed E-state index contributed by atoms with van der Waals surface area (Å²) in [6, 6.07) is 12.3. The Kier molecular flexibility index (Phi) is 5.38. The van der Waals surface area contributed by atoms with Crippen molar-refractivity contribution in [1.82, 2.24) is 0 Å². The summed E-state index contributed by atoms with van der Waals surface area (Å²) in [4.78, 5) is 23.7. The van der Waals surface area contributed by atoms with Gasteiger partial charge in [-0.3, -0.25) is 4.79 Å². The minimum absolute atomic E-state index is 0.0259. The molecule has 0 aliphatic carbocycles. The molecular formula is C21H18O10. The summed E-state index contributed by atoms with van der Waals surface area (Å²) in [5, 5.41) is 49.1. The lowest BCUT2D eigenvalue weighted by molar-refractivity contribution is -0.271. The number of aliphatic carboxylic acids is 1. The van der Waals surface area contributed by atoms with E-state index in [1.807, 2.05) is 0 Å². The number of hydrogen-bond donors (Lipinski definition) is 5. The second-order valence-corrected chi connectivity index (χ2v) is 7.01. The Morgan fingerprint density at radius 3 is 2.35 bits per heavy atom. The molecule has 0 bridgehead atoms. The van der Waals surface area contributed by atoms with Crippen LogP contribution in [0.4, 0.5) is 0 Å². The van der Waals surface area contributed by atoms with Crippen molar-refractivity contribution in [1.29, 1.82) is 0 Å². The molecule has 1 aromatic heterocycles. The Labute approximate surface area is 174 Å². The van der Waals surface area contributed by atoms with Crippen molar-refractivity contribution < 1.29 is 44.2 Å². The van der Waals surface area contributed by atoms with Crippen molar-refractivity contribution in [2.24, 2.45) is 0 Å². The molecule has 4 rings (SSSR count). The highest BCUT2D eigenvalue weighted by atomic mass is 16.7. The van der Waals surface area contributed by atoms with Gasteiger partial charge in [0.1, 0.15) is 46.5 Å². The average Bonchev–Trinajstić information content (AvgIpc) is 2.74. The molecular weight excluding hydrogens is 412 g/mol. The average molecular weight is 430 g/mol. The molecule has 1 fully saturated rings. The molecule has 2 heterocycles. The van der Waals surface area contributed by atoms with E-state index in [9.17, 15) is 30.0 Å². The number of rotatable bonds is 4. The van der Waals surface area contributed by atoms with Crippen LogP contribution in [0.25, 0.3) is 22.3 Å². The number of hydrogen-bond acceptors (Lipinski definition) is 9. The van der Waals surface area contributed by atoms with Gasteiger partial charge in [0, 0.05) is 23.8 Å². The molecule has 31 heavy (non-hydrogen) atoms. The Morgan fingerprint density at radius 1 is 0.968 bits per heavy atom. The van der Waals surface area contributed by atoms with Crippen molar-refractivity contribution >= 4 is 16.9 Å². The van der Waals surface area contributed by atoms with Gasteiger partial charge < -0.3 is 39.4 Å². The third kappa shape index (κ3) is 3.84. The number of aliphatic hydroxyl groups excluding tert-OH is 3. The van der Waals surface area contributed by atoms with E-state index in [0.717, 1.165) is 6.07 Å². The fraction of sp³-hybridized carbons (Fsp3) is 0.238. The van der Waals surface area contributed by atoms with Crippen LogP contribution in [0.3, 0.4) is 0 Å². The van der Waals surface area contributed by atoms with E-state index in [0.29, 0.717) is 5.56 Å². The van der Waals surface area contributed by atoms with Crippen molar-refractivity contribution in [3.05, 3.63) is 58.8 Å². The zero-order valence-corrected chi connectivity index (χ0v) is 15.8. The zero-order chi connectivity index (χ0) is 22.3. The first-order valence-corrected chi connectivity index (χ1v) is 9.21. The van der Waals surface area contributed by atoms with Gasteiger partial charge in [-0.1, -0.05) is 30.3 Å². The van der Waals surface area contributed by atoms with Crippen LogP contribution in [0, 0.1) is 0 Å². The van der Waals surface area contributed by atoms with E-state index < -0.39 is 47.9 Å². The standard InChI is InChI=1S/C21H18O10/c22-11-6-10(29-21-18(26)16(24)17(25)19(31-21)20(27)28)7-14-15(11)12(23)8-13(30-14)9-4-2-1-3-5-9/h1-8,16-19,21-22,24-26H,(H,27,28)/t16-,17-,18+,19-,21+/m0/s1. The summed E-state index contributed by atoms with van der Waals surface area (Å²) in [5.74, 6) is -1.92. The molecule has 1 saturated heterocycles. The molecule has 0 amide bonds. The summed E-state index contributed by atoms with van der Waals surface area (Å²) in [7, 11) is 0. The van der Waals surface area contributed by atoms with Crippen LogP contribution in [0.1, 0.15) is 0 Å². The van der Waals surface area contributed by atoms with E-state index in [-0.39, 0.29) is 22.5 Å². The van der Waals surface area contributed by atoms with Crippen molar-refractivity contribution in [3.63, 3.8) is 0 Å². The second kappa shape index (κ2) is 8.00. The van der Waals surface area contributed by atoms with Gasteiger partial charge in [-0.25, -0.2) is 4.79 Å². The van der Waals surface area contributed by atoms with Crippen molar-refractivity contribution in [3.8, 4) is 22.8 Å². The molecule has 1 aliphatic rings. The third-order valence-corrected chi connectivity index (χ3v) is 4.91. The maximum atomic E-state index is 12.5. The van der Waals surface area contributed by atoms with Crippen LogP contribution in [0.5, 0.6) is 11.5 Å². The SMILES string of the molecule is O=C(O)[C@H]1O[C@@H](Oc2cc(O)c3c(=O)cc(-c4ccccc4)oc3c2)[C@H](O)[C@@H](O)[C@@H]1O. The first-order chi connectivity index (χ1) is 14.8. The Morgan fingerprint density at radius 2 is 1.68 bits per heavy atom. The molecule has 3 aromatic rings. The van der Waals surface area contributed by atoms with Gasteiger partial charge in [-0.15, -0.1) is 0 Å². The van der Waals surface area contributed by atoms with E-state index in [2.05, 4.69) is 0 Å². The van der Waals surface area contributed by atoms with Crippen LogP contribution in [-0.4, -0.2) is 62.2 Å². The lowest BCUT2D eigenvalue weighted by Crippen LogP contribution is -2.61. The molecule has 0 radical (unpaired) electrons. The predicted molar refractivity (Wildman–Crippen MR) is 105 cm³/mol. The molecule has 162 valence electrons. The largest absolute Gasteiger partial charge is 0.507 e. The molecule has 10 heteroatoms. The Hall–Kier alpha value is -3.44. The number of benzene rings is 2. The molecule has 5 atom stereocenters. The smallest absolute Gasteiger partial charge is 0.335 e. The maximum absolute atomic E-state index is 12.5. The molecule has 10 nitrogen and oxygen atoms in total. The topological polar surface area (TPSA) is 167 Å². The fourth-order valence-corrected chi connectivity index (χ4v) is 3.34. The Bertz CT molecular complexity index is 1170. The van der Waals surface area contributed by atoms with Gasteiger partial charge in [0.25, 0.3) is 0 Å². The van der Waals surface area contributed by atoms with Crippen molar-refractivity contribution in [2.75, 3.05) is 0 Å². The first-order valence-electron chi connectivity index (χ1n) is 9.21. The number of ether oxygens (including phenoxy) is 2. The summed E-state index contributed by atoms with van der Waals surface area (Å²) in [5.41, 5.74) is 0.101. The van der Waals surface area contributed by atoms with Gasteiger partial charge >= 0.3 is 5.97 Å². The van der Waals surface area contributed by atoms with Gasteiger partial charge in [0.2, 0.25) is 6.29 Å². The van der Waals surface area contributed by atoms with Crippen LogP contribution in [-0.2, 0) is 9.53 Å². The third-order valence-electron chi connectivity index (χ3n) is 4.91. The number of aromatic hydroxyl groups is 1. The molecule has 2 aromatic carbocycles. The number of carboxylic acid groups (broad SMARTS) is 1. The van der Waals surface area contributed by atoms with Gasteiger partial charge in [0.15, 0.2) is 11.5 Å². The number of carboxylic acids is 1. The van der Waals surface area contributed by atoms with E-state index in [1.54, 1.807) is 30.3 Å². The second-order valence-electron chi connectivity index (χ2n) is 7.01. The van der Waals surface area contributed by atoms with Gasteiger partial charge in [-0.2, -0.15) is 0 Å². The Balaban J connectivity index is 1.71. The normalized spacial score (nSPS) is 26.0. The van der Waals surface area contributed by atoms with Gasteiger partial charge in [0.05, 0.1) is 0 Å². The number of carbonyl (C=O) groups is 1. The molecule has 0 saturated carbocycles. The van der Waals surface area contributed by atoms with Crippen molar-refractivity contribution in [2.45, 2.75) is 30.7 Å². The minimum Gasteiger partial charge on any atom is -0.507 e. The highest BCUT2D eigenvalue weighted by Gasteiger charge is 2.48. The van der Waals surface area contributed by atoms with E-state index in [1.165, 1.54) is 12.1 Å². The van der Waals surface area contributed by atoms with E-state index >= 15 is 0 Å². The summed E-state index contributed by atoms with van der Waals surface area (Å²) in [6.07, 6.45) is -9.04. The molecule has 0 spiro atoms. The first kappa shape index (κ1) is 20.8. The number of phenols is 1. The highest BCUT2D eigenvalue weighted by Crippen LogP contribution is 2.33. The van der Waals surface area contributed by atoms with Gasteiger partial charge in [-0.05, 0) is 0 Å². The monoisotopic (exact) mass is 430 g/mol. The fourth-order valence-electron chi connectivity index (χ4n) is 3.34. The quantitative estimate of drug-likeness (QED) is 0.392. The zero-order valence-electron chi connectivity index (χ0n) is 15.8. The predicted octanol–water partition coefficient (Wildman–Crippen LogP) is 0.437. The summed E-state index contributed by atoms with van der Waals surface area (Å²) in [6.45, 7) is 0. The van der Waals surface area contributed by atoms with Crippen LogP contribution in [0.15, 0.2) is 57.7 Å². The molecule has 5 N–H and O–H groups in total. The lowest BCUT2D eigenvalue weighted by Gasteiger charge is -2.38. The summed E-state index contributed by atoms with van der Waals surface area (Å²) < 4.78 is 16.2. The summed E-state index contributed by atoms with van der Waals surface area (Å²) >= 11 is 0. The number of aliphatic hydroxyl groups is 3. The lowest BCUT2D eigenvalue weighted by atomic mass is 9.99. The molecule has 1 aliphatic heterocycles. The van der Waals surface area contributed by atoms with Crippen LogP contribution >= 0.6 is 0 Å². The maximum Gasteiger partial charge on any atom is 0.335 e.